The summed E-state index contributed by atoms with van der Waals surface area (Å²) in [5.74, 6) is 0.269. The lowest BCUT2D eigenvalue weighted by Gasteiger charge is -2.26. The van der Waals surface area contributed by atoms with Gasteiger partial charge in [-0.1, -0.05) is 6.07 Å². The second kappa shape index (κ2) is 6.16. The van der Waals surface area contributed by atoms with Gasteiger partial charge in [0.05, 0.1) is 12.7 Å². The molecule has 3 nitrogen and oxygen atoms in total. The number of ether oxygens (including phenoxy) is 2. The largest absolute Gasteiger partial charge is 0.497 e. The molecule has 0 radical (unpaired) electrons. The monoisotopic (exact) mass is 255 g/mol. The Morgan fingerprint density at radius 1 is 1.33 bits per heavy atom. The molecule has 0 bridgehead atoms. The summed E-state index contributed by atoms with van der Waals surface area (Å²) in [5.41, 5.74) is 0.361. The topological polar surface area (TPSA) is 30.5 Å². The van der Waals surface area contributed by atoms with Crippen molar-refractivity contribution in [3.63, 3.8) is 0 Å². The number of hydrogen-bond acceptors (Lipinski definition) is 3. The molecule has 1 unspecified atom stereocenters. The van der Waals surface area contributed by atoms with Gasteiger partial charge in [-0.25, -0.2) is 4.39 Å². The number of hydrogen-bond donors (Lipinski definition) is 1. The van der Waals surface area contributed by atoms with Crippen molar-refractivity contribution < 1.29 is 13.9 Å². The van der Waals surface area contributed by atoms with Gasteiger partial charge >= 0.3 is 0 Å². The van der Waals surface area contributed by atoms with Crippen molar-refractivity contribution in [2.24, 2.45) is 0 Å². The number of benzene rings is 1. The molecule has 1 aromatic carbocycles. The molecule has 0 aliphatic rings. The van der Waals surface area contributed by atoms with E-state index in [1.54, 1.807) is 19.2 Å². The second-order valence-electron chi connectivity index (χ2n) is 4.95. The lowest BCUT2D eigenvalue weighted by molar-refractivity contribution is 0.0213. The molecule has 0 aromatic heterocycles. The third kappa shape index (κ3) is 3.96. The minimum Gasteiger partial charge on any atom is -0.497 e. The lowest BCUT2D eigenvalue weighted by Crippen LogP contribution is -2.38. The number of nitrogens with one attached hydrogen (secondary N) is 1. The van der Waals surface area contributed by atoms with Gasteiger partial charge in [-0.2, -0.15) is 0 Å². The van der Waals surface area contributed by atoms with Crippen LogP contribution in [0.3, 0.4) is 0 Å². The van der Waals surface area contributed by atoms with E-state index in [9.17, 15) is 4.39 Å². The summed E-state index contributed by atoms with van der Waals surface area (Å²) in [6.45, 7) is 6.54. The zero-order valence-corrected chi connectivity index (χ0v) is 11.7. The van der Waals surface area contributed by atoms with E-state index < -0.39 is 0 Å². The average molecular weight is 255 g/mol. The number of halogens is 1. The van der Waals surface area contributed by atoms with Gasteiger partial charge in [-0.05, 0) is 26.8 Å². The van der Waals surface area contributed by atoms with E-state index in [1.807, 2.05) is 20.8 Å². The first kappa shape index (κ1) is 14.9. The molecule has 1 rings (SSSR count). The van der Waals surface area contributed by atoms with E-state index >= 15 is 0 Å². The van der Waals surface area contributed by atoms with Crippen LogP contribution in [0.1, 0.15) is 32.4 Å². The molecule has 0 amide bonds. The lowest BCUT2D eigenvalue weighted by atomic mass is 10.1. The molecule has 0 heterocycles. The highest BCUT2D eigenvalue weighted by molar-refractivity contribution is 5.30. The predicted molar refractivity (Wildman–Crippen MR) is 70.5 cm³/mol. The first-order valence-electron chi connectivity index (χ1n) is 6.01. The van der Waals surface area contributed by atoms with Crippen LogP contribution in [0.25, 0.3) is 0 Å². The summed E-state index contributed by atoms with van der Waals surface area (Å²) in [7, 11) is 3.19. The molecule has 1 atom stereocenters. The van der Waals surface area contributed by atoms with Gasteiger partial charge < -0.3 is 14.8 Å². The fraction of sp³-hybridized carbons (Fsp3) is 0.571. The SMILES string of the molecule is COc1ccc(C(C)NCC(C)(C)OC)c(F)c1. The number of methoxy groups -OCH3 is 2. The van der Waals surface area contributed by atoms with Gasteiger partial charge in [0.1, 0.15) is 11.6 Å². The maximum Gasteiger partial charge on any atom is 0.131 e. The molecule has 0 saturated carbocycles. The fourth-order valence-corrected chi connectivity index (χ4v) is 1.57. The minimum absolute atomic E-state index is 0.0784. The molecular weight excluding hydrogens is 233 g/mol. The summed E-state index contributed by atoms with van der Waals surface area (Å²) in [5, 5.41) is 3.26. The van der Waals surface area contributed by atoms with Crippen LogP contribution in [0, 0.1) is 5.82 Å². The van der Waals surface area contributed by atoms with Crippen molar-refractivity contribution in [1.82, 2.24) is 5.32 Å². The van der Waals surface area contributed by atoms with Crippen LogP contribution >= 0.6 is 0 Å². The van der Waals surface area contributed by atoms with E-state index in [4.69, 9.17) is 9.47 Å². The summed E-state index contributed by atoms with van der Waals surface area (Å²) < 4.78 is 24.1. The van der Waals surface area contributed by atoms with Crippen LogP contribution < -0.4 is 10.1 Å². The van der Waals surface area contributed by atoms with Gasteiger partial charge in [0.15, 0.2) is 0 Å². The maximum atomic E-state index is 13.8. The molecule has 4 heteroatoms. The Labute approximate surface area is 108 Å². The minimum atomic E-state index is -0.267. The third-order valence-corrected chi connectivity index (χ3v) is 3.06. The molecule has 0 spiro atoms. The standard InChI is InChI=1S/C14H22FNO2/c1-10(16-9-14(2,3)18-5)12-7-6-11(17-4)8-13(12)15/h6-8,10,16H,9H2,1-5H3. The van der Waals surface area contributed by atoms with E-state index in [-0.39, 0.29) is 17.5 Å². The summed E-state index contributed by atoms with van der Waals surface area (Å²) in [4.78, 5) is 0. The Bertz CT molecular complexity index is 393. The normalized spacial score (nSPS) is 13.4. The van der Waals surface area contributed by atoms with Crippen LogP contribution in [0.15, 0.2) is 18.2 Å². The van der Waals surface area contributed by atoms with Crippen molar-refractivity contribution in [1.29, 1.82) is 0 Å². The highest BCUT2D eigenvalue weighted by Gasteiger charge is 2.19. The Morgan fingerprint density at radius 2 is 2.00 bits per heavy atom. The zero-order chi connectivity index (χ0) is 13.8. The zero-order valence-electron chi connectivity index (χ0n) is 11.7. The smallest absolute Gasteiger partial charge is 0.131 e. The third-order valence-electron chi connectivity index (χ3n) is 3.06. The van der Waals surface area contributed by atoms with E-state index in [2.05, 4.69) is 5.32 Å². The Hall–Kier alpha value is -1.13. The molecular formula is C14H22FNO2. The molecule has 0 aliphatic heterocycles. The quantitative estimate of drug-likeness (QED) is 0.847. The van der Waals surface area contributed by atoms with Crippen molar-refractivity contribution in [2.45, 2.75) is 32.4 Å². The van der Waals surface area contributed by atoms with Crippen molar-refractivity contribution in [3.8, 4) is 5.75 Å². The molecule has 18 heavy (non-hydrogen) atoms. The van der Waals surface area contributed by atoms with Gasteiger partial charge in [-0.15, -0.1) is 0 Å². The van der Waals surface area contributed by atoms with Gasteiger partial charge in [0.25, 0.3) is 0 Å². The van der Waals surface area contributed by atoms with E-state index in [0.717, 1.165) is 0 Å². The average Bonchev–Trinajstić information content (AvgIpc) is 2.36. The highest BCUT2D eigenvalue weighted by Crippen LogP contribution is 2.22. The van der Waals surface area contributed by atoms with Gasteiger partial charge in [-0.3, -0.25) is 0 Å². The van der Waals surface area contributed by atoms with Crippen molar-refractivity contribution in [3.05, 3.63) is 29.6 Å². The van der Waals surface area contributed by atoms with Crippen LogP contribution in [0.4, 0.5) is 4.39 Å². The maximum absolute atomic E-state index is 13.8. The predicted octanol–water partition coefficient (Wildman–Crippen LogP) is 2.91. The first-order chi connectivity index (χ1) is 8.39. The van der Waals surface area contributed by atoms with Crippen LogP contribution in [-0.2, 0) is 4.74 Å². The molecule has 0 aliphatic carbocycles. The molecule has 1 N–H and O–H groups in total. The Balaban J connectivity index is 2.70. The summed E-state index contributed by atoms with van der Waals surface area (Å²) in [6, 6.07) is 4.82. The molecule has 1 aromatic rings. The van der Waals surface area contributed by atoms with E-state index in [0.29, 0.717) is 17.9 Å². The fourth-order valence-electron chi connectivity index (χ4n) is 1.57. The van der Waals surface area contributed by atoms with Gasteiger partial charge in [0, 0.05) is 31.3 Å². The highest BCUT2D eigenvalue weighted by atomic mass is 19.1. The molecule has 0 fully saturated rings. The summed E-state index contributed by atoms with van der Waals surface area (Å²) >= 11 is 0. The van der Waals surface area contributed by atoms with Crippen LogP contribution in [-0.4, -0.2) is 26.4 Å². The summed E-state index contributed by atoms with van der Waals surface area (Å²) in [6.07, 6.45) is 0. The van der Waals surface area contributed by atoms with Gasteiger partial charge in [0.2, 0.25) is 0 Å². The van der Waals surface area contributed by atoms with Crippen LogP contribution in [0.5, 0.6) is 5.75 Å². The Kier molecular flexibility index (Phi) is 5.11. The van der Waals surface area contributed by atoms with Crippen molar-refractivity contribution in [2.75, 3.05) is 20.8 Å². The van der Waals surface area contributed by atoms with Crippen LogP contribution in [0.2, 0.25) is 0 Å². The second-order valence-corrected chi connectivity index (χ2v) is 4.95. The van der Waals surface area contributed by atoms with Crippen molar-refractivity contribution >= 4 is 0 Å². The first-order valence-corrected chi connectivity index (χ1v) is 6.01. The number of rotatable bonds is 6. The van der Waals surface area contributed by atoms with E-state index in [1.165, 1.54) is 13.2 Å². The Morgan fingerprint density at radius 3 is 2.50 bits per heavy atom. The molecule has 0 saturated heterocycles. The molecule has 102 valence electrons.